The average molecular weight is 387 g/mol. The molecule has 0 atom stereocenters. The first kappa shape index (κ1) is 16.3. The molecule has 4 aromatic rings. The predicted molar refractivity (Wildman–Crippen MR) is 87.9 cm³/mol. The van der Waals surface area contributed by atoms with E-state index in [9.17, 15) is 13.2 Å². The van der Waals surface area contributed by atoms with Crippen LogP contribution in [0.25, 0.3) is 27.4 Å². The van der Waals surface area contributed by atoms with Gasteiger partial charge in [0.2, 0.25) is 5.82 Å². The number of nitrogens with zero attached hydrogens (tertiary/aromatic N) is 6. The lowest BCUT2D eigenvalue weighted by Gasteiger charge is -2.00. The van der Waals surface area contributed by atoms with Gasteiger partial charge >= 0.3 is 6.18 Å². The van der Waals surface area contributed by atoms with Crippen LogP contribution in [0.15, 0.2) is 6.33 Å². The summed E-state index contributed by atoms with van der Waals surface area (Å²) >= 11 is 7.45. The Hall–Kier alpha value is -2.20. The third-order valence-electron chi connectivity index (χ3n) is 3.98. The summed E-state index contributed by atoms with van der Waals surface area (Å²) in [5, 5.41) is 8.02. The van der Waals surface area contributed by atoms with Crippen LogP contribution in [-0.2, 0) is 13.2 Å². The van der Waals surface area contributed by atoms with Crippen molar-refractivity contribution in [3.8, 4) is 11.5 Å². The highest BCUT2D eigenvalue weighted by Gasteiger charge is 2.39. The summed E-state index contributed by atoms with van der Waals surface area (Å²) < 4.78 is 41.5. The number of aryl methyl sites for hydroxylation is 3. The maximum Gasteiger partial charge on any atom is 0.436 e. The number of aromatic nitrogens is 6. The van der Waals surface area contributed by atoms with E-state index in [4.69, 9.17) is 11.6 Å². The van der Waals surface area contributed by atoms with Crippen molar-refractivity contribution in [2.24, 2.45) is 7.05 Å². The van der Waals surface area contributed by atoms with E-state index >= 15 is 0 Å². The molecule has 0 amide bonds. The topological polar surface area (TPSA) is 60.9 Å². The summed E-state index contributed by atoms with van der Waals surface area (Å²) in [6.07, 6.45) is -3.17. The largest absolute Gasteiger partial charge is 0.436 e. The van der Waals surface area contributed by atoms with Crippen LogP contribution in [-0.4, -0.2) is 29.4 Å². The van der Waals surface area contributed by atoms with Crippen LogP contribution in [0, 0.1) is 13.8 Å². The van der Waals surface area contributed by atoms with Gasteiger partial charge in [-0.2, -0.15) is 18.3 Å². The SMILES string of the molecule is Cc1sc2ncn3nc(-c4c(Cl)c(C(F)(F)F)nn4C)nc3c2c1C. The number of hydrogen-bond donors (Lipinski definition) is 0. The van der Waals surface area contributed by atoms with E-state index in [2.05, 4.69) is 20.2 Å². The summed E-state index contributed by atoms with van der Waals surface area (Å²) in [6, 6.07) is 0. The molecule has 4 heterocycles. The number of halogens is 4. The molecule has 0 saturated carbocycles. The minimum Gasteiger partial charge on any atom is -0.262 e. The first-order valence-electron chi connectivity index (χ1n) is 7.09. The summed E-state index contributed by atoms with van der Waals surface area (Å²) in [7, 11) is 1.37. The lowest BCUT2D eigenvalue weighted by Crippen LogP contribution is -2.07. The van der Waals surface area contributed by atoms with Gasteiger partial charge in [-0.3, -0.25) is 4.68 Å². The summed E-state index contributed by atoms with van der Waals surface area (Å²) in [5.41, 5.74) is 0.392. The molecule has 0 radical (unpaired) electrons. The van der Waals surface area contributed by atoms with Gasteiger partial charge in [0.25, 0.3) is 0 Å². The minimum atomic E-state index is -4.65. The van der Waals surface area contributed by atoms with E-state index in [0.29, 0.717) is 5.65 Å². The molecule has 0 aliphatic carbocycles. The third kappa shape index (κ3) is 2.31. The Morgan fingerprint density at radius 2 is 1.92 bits per heavy atom. The molecule has 4 aromatic heterocycles. The van der Waals surface area contributed by atoms with E-state index in [1.54, 1.807) is 0 Å². The Kier molecular flexibility index (Phi) is 3.35. The Labute approximate surface area is 147 Å². The van der Waals surface area contributed by atoms with Crippen molar-refractivity contribution in [1.82, 2.24) is 29.4 Å². The molecular formula is C14H10ClF3N6S. The van der Waals surface area contributed by atoms with Gasteiger partial charge in [0.1, 0.15) is 21.9 Å². The number of alkyl halides is 3. The summed E-state index contributed by atoms with van der Waals surface area (Å²) in [6.45, 7) is 3.92. The molecule has 4 rings (SSSR count). The molecule has 130 valence electrons. The van der Waals surface area contributed by atoms with Crippen molar-refractivity contribution in [1.29, 1.82) is 0 Å². The molecule has 0 spiro atoms. The van der Waals surface area contributed by atoms with Crippen molar-refractivity contribution in [2.75, 3.05) is 0 Å². The minimum absolute atomic E-state index is 0.00967. The highest BCUT2D eigenvalue weighted by Crippen LogP contribution is 2.39. The van der Waals surface area contributed by atoms with Gasteiger partial charge in [-0.25, -0.2) is 14.5 Å². The van der Waals surface area contributed by atoms with Crippen LogP contribution in [0.1, 0.15) is 16.1 Å². The molecule has 0 aliphatic rings. The zero-order valence-electron chi connectivity index (χ0n) is 13.2. The molecule has 0 unspecified atom stereocenters. The molecule has 0 saturated heterocycles. The third-order valence-corrected chi connectivity index (χ3v) is 5.45. The number of fused-ring (bicyclic) bond motifs is 3. The second-order valence-corrected chi connectivity index (χ2v) is 7.13. The fourth-order valence-electron chi connectivity index (χ4n) is 2.67. The van der Waals surface area contributed by atoms with Crippen LogP contribution >= 0.6 is 22.9 Å². The highest BCUT2D eigenvalue weighted by atomic mass is 35.5. The van der Waals surface area contributed by atoms with Gasteiger partial charge in [-0.15, -0.1) is 16.4 Å². The normalized spacial score (nSPS) is 12.6. The van der Waals surface area contributed by atoms with Gasteiger partial charge in [-0.1, -0.05) is 11.6 Å². The van der Waals surface area contributed by atoms with Crippen LogP contribution in [0.5, 0.6) is 0 Å². The second kappa shape index (κ2) is 5.15. The zero-order valence-corrected chi connectivity index (χ0v) is 14.8. The van der Waals surface area contributed by atoms with E-state index in [1.807, 2.05) is 13.8 Å². The van der Waals surface area contributed by atoms with Gasteiger partial charge in [0, 0.05) is 11.9 Å². The first-order chi connectivity index (χ1) is 11.7. The summed E-state index contributed by atoms with van der Waals surface area (Å²) in [5.74, 6) is 0.0630. The van der Waals surface area contributed by atoms with Gasteiger partial charge < -0.3 is 0 Å². The van der Waals surface area contributed by atoms with E-state index < -0.39 is 16.9 Å². The predicted octanol–water partition coefficient (Wildman–Crippen LogP) is 4.03. The van der Waals surface area contributed by atoms with Crippen LogP contribution in [0.4, 0.5) is 13.2 Å². The van der Waals surface area contributed by atoms with Crippen LogP contribution in [0.2, 0.25) is 5.02 Å². The molecule has 0 aromatic carbocycles. The van der Waals surface area contributed by atoms with Crippen LogP contribution in [0.3, 0.4) is 0 Å². The van der Waals surface area contributed by atoms with Crippen molar-refractivity contribution < 1.29 is 13.2 Å². The van der Waals surface area contributed by atoms with Gasteiger partial charge in [0.15, 0.2) is 11.3 Å². The first-order valence-corrected chi connectivity index (χ1v) is 8.29. The van der Waals surface area contributed by atoms with Crippen LogP contribution < -0.4 is 0 Å². The molecule has 6 nitrogen and oxygen atoms in total. The Morgan fingerprint density at radius 3 is 2.56 bits per heavy atom. The molecule has 25 heavy (non-hydrogen) atoms. The molecule has 0 aliphatic heterocycles. The Bertz CT molecular complexity index is 1140. The second-order valence-electron chi connectivity index (χ2n) is 5.54. The van der Waals surface area contributed by atoms with Crippen molar-refractivity contribution in [3.63, 3.8) is 0 Å². The fourth-order valence-corrected chi connectivity index (χ4v) is 4.01. The quantitative estimate of drug-likeness (QED) is 0.495. The van der Waals surface area contributed by atoms with E-state index in [1.165, 1.54) is 29.2 Å². The zero-order chi connectivity index (χ0) is 18.1. The number of hydrogen-bond acceptors (Lipinski definition) is 5. The van der Waals surface area contributed by atoms with Gasteiger partial charge in [0.05, 0.1) is 5.39 Å². The van der Waals surface area contributed by atoms with E-state index in [-0.39, 0.29) is 11.5 Å². The molecule has 0 N–H and O–H groups in total. The maximum absolute atomic E-state index is 13.0. The highest BCUT2D eigenvalue weighted by molar-refractivity contribution is 7.18. The lowest BCUT2D eigenvalue weighted by molar-refractivity contribution is -0.141. The Morgan fingerprint density at radius 1 is 1.20 bits per heavy atom. The van der Waals surface area contributed by atoms with Gasteiger partial charge in [-0.05, 0) is 19.4 Å². The van der Waals surface area contributed by atoms with Crippen molar-refractivity contribution >= 4 is 38.8 Å². The Balaban J connectivity index is 2.00. The molecule has 11 heteroatoms. The van der Waals surface area contributed by atoms with E-state index in [0.717, 1.165) is 25.3 Å². The molecule has 0 bridgehead atoms. The monoisotopic (exact) mass is 386 g/mol. The number of rotatable bonds is 1. The lowest BCUT2D eigenvalue weighted by atomic mass is 10.2. The smallest absolute Gasteiger partial charge is 0.262 e. The molecule has 0 fully saturated rings. The summed E-state index contributed by atoms with van der Waals surface area (Å²) in [4.78, 5) is 10.6. The van der Waals surface area contributed by atoms with Crippen molar-refractivity contribution in [2.45, 2.75) is 20.0 Å². The standard InChI is InChI=1S/C14H10ClF3N6S/c1-5-6(2)25-13-7(5)12-20-11(22-24(12)4-19-13)9-8(15)10(14(16,17)18)21-23(9)3/h4H,1-3H3. The van der Waals surface area contributed by atoms with Crippen molar-refractivity contribution in [3.05, 3.63) is 27.5 Å². The number of thiophene rings is 1. The molecular weight excluding hydrogens is 377 g/mol. The fraction of sp³-hybridized carbons (Fsp3) is 0.286. The average Bonchev–Trinajstić information content (AvgIpc) is 3.13. The maximum atomic E-state index is 13.0.